The first kappa shape index (κ1) is 32.9. The minimum Gasteiger partial charge on any atom is -0.352 e. The SMILES string of the molecule is Cc1ccc(N(CC(=O)N(Cc2cccc(C)c2)C(Cc2ccccc2)C(=O)NC2CCCCC2)S(=O)(=O)c2ccccc2)cc1. The van der Waals surface area contributed by atoms with Crippen molar-refractivity contribution in [1.82, 2.24) is 10.2 Å². The van der Waals surface area contributed by atoms with Crippen molar-refractivity contribution in [1.29, 1.82) is 0 Å². The number of benzene rings is 4. The number of sulfonamides is 1. The molecule has 0 aliphatic heterocycles. The number of hydrogen-bond donors (Lipinski definition) is 1. The zero-order chi connectivity index (χ0) is 32.5. The smallest absolute Gasteiger partial charge is 0.264 e. The maximum Gasteiger partial charge on any atom is 0.264 e. The van der Waals surface area contributed by atoms with E-state index in [9.17, 15) is 18.0 Å². The summed E-state index contributed by atoms with van der Waals surface area (Å²) in [6.07, 6.45) is 5.39. The summed E-state index contributed by atoms with van der Waals surface area (Å²) in [5.74, 6) is -0.675. The van der Waals surface area contributed by atoms with Crippen molar-refractivity contribution in [3.05, 3.63) is 131 Å². The van der Waals surface area contributed by atoms with Crippen LogP contribution in [0.5, 0.6) is 0 Å². The van der Waals surface area contributed by atoms with Crippen LogP contribution in [-0.4, -0.2) is 43.8 Å². The minimum atomic E-state index is -4.12. The van der Waals surface area contributed by atoms with Gasteiger partial charge in [0.25, 0.3) is 10.0 Å². The molecule has 0 spiro atoms. The first-order valence-electron chi connectivity index (χ1n) is 16.0. The van der Waals surface area contributed by atoms with Crippen molar-refractivity contribution in [2.75, 3.05) is 10.8 Å². The molecule has 1 aliphatic rings. The normalized spacial score (nSPS) is 14.3. The second kappa shape index (κ2) is 15.2. The summed E-state index contributed by atoms with van der Waals surface area (Å²) in [7, 11) is -4.12. The van der Waals surface area contributed by atoms with E-state index < -0.39 is 28.5 Å². The van der Waals surface area contributed by atoms with Crippen molar-refractivity contribution in [3.8, 4) is 0 Å². The molecule has 240 valence electrons. The van der Waals surface area contributed by atoms with E-state index in [1.54, 1.807) is 35.2 Å². The van der Waals surface area contributed by atoms with E-state index in [4.69, 9.17) is 0 Å². The number of aryl methyl sites for hydroxylation is 2. The molecule has 1 unspecified atom stereocenters. The van der Waals surface area contributed by atoms with E-state index in [1.165, 1.54) is 12.1 Å². The molecule has 2 amide bonds. The summed E-state index contributed by atoms with van der Waals surface area (Å²) < 4.78 is 29.4. The van der Waals surface area contributed by atoms with E-state index >= 15 is 0 Å². The Morgan fingerprint density at radius 3 is 2.04 bits per heavy atom. The van der Waals surface area contributed by atoms with Gasteiger partial charge < -0.3 is 10.2 Å². The van der Waals surface area contributed by atoms with Gasteiger partial charge in [0.05, 0.1) is 10.6 Å². The lowest BCUT2D eigenvalue weighted by Gasteiger charge is -2.35. The van der Waals surface area contributed by atoms with Crippen LogP contribution in [0.1, 0.15) is 54.4 Å². The van der Waals surface area contributed by atoms with Gasteiger partial charge in [-0.15, -0.1) is 0 Å². The molecule has 0 radical (unpaired) electrons. The molecule has 0 bridgehead atoms. The zero-order valence-corrected chi connectivity index (χ0v) is 27.5. The maximum absolute atomic E-state index is 14.6. The molecule has 1 saturated carbocycles. The van der Waals surface area contributed by atoms with E-state index in [0.717, 1.165) is 58.7 Å². The predicted octanol–water partition coefficient (Wildman–Crippen LogP) is 6.59. The number of carbonyl (C=O) groups excluding carboxylic acids is 2. The van der Waals surface area contributed by atoms with Crippen molar-refractivity contribution in [2.24, 2.45) is 0 Å². The van der Waals surface area contributed by atoms with Crippen LogP contribution in [0.3, 0.4) is 0 Å². The third kappa shape index (κ3) is 8.43. The van der Waals surface area contributed by atoms with Gasteiger partial charge in [-0.1, -0.05) is 115 Å². The average molecular weight is 638 g/mol. The number of rotatable bonds is 12. The zero-order valence-electron chi connectivity index (χ0n) is 26.6. The van der Waals surface area contributed by atoms with Crippen molar-refractivity contribution >= 4 is 27.5 Å². The molecule has 5 rings (SSSR count). The molecule has 4 aromatic rings. The lowest BCUT2D eigenvalue weighted by molar-refractivity contribution is -0.140. The summed E-state index contributed by atoms with van der Waals surface area (Å²) in [5, 5.41) is 3.25. The number of nitrogens with one attached hydrogen (secondary N) is 1. The van der Waals surface area contributed by atoms with Crippen LogP contribution < -0.4 is 9.62 Å². The Bertz CT molecular complexity index is 1700. The molecule has 1 aliphatic carbocycles. The van der Waals surface area contributed by atoms with E-state index in [0.29, 0.717) is 12.1 Å². The van der Waals surface area contributed by atoms with Gasteiger partial charge in [-0.3, -0.25) is 13.9 Å². The number of amides is 2. The van der Waals surface area contributed by atoms with Gasteiger partial charge in [-0.2, -0.15) is 0 Å². The lowest BCUT2D eigenvalue weighted by atomic mass is 9.94. The summed E-state index contributed by atoms with van der Waals surface area (Å²) in [6, 6.07) is 31.9. The molecule has 7 nitrogen and oxygen atoms in total. The van der Waals surface area contributed by atoms with Crippen LogP contribution in [-0.2, 0) is 32.6 Å². The average Bonchev–Trinajstić information content (AvgIpc) is 3.07. The standard InChI is InChI=1S/C38H43N3O4S/c1-29-21-23-34(24-22-29)41(46(44,45)35-19-10-5-11-20-35)28-37(42)40(27-32-16-12-13-30(2)25-32)36(26-31-14-6-3-7-15-31)38(43)39-33-17-8-4-9-18-33/h3,5-7,10-16,19-25,33,36H,4,8-9,17-18,26-28H2,1-2H3,(H,39,43). The van der Waals surface area contributed by atoms with Crippen molar-refractivity contribution in [3.63, 3.8) is 0 Å². The Labute approximate surface area is 273 Å². The van der Waals surface area contributed by atoms with Gasteiger partial charge in [0, 0.05) is 19.0 Å². The van der Waals surface area contributed by atoms with Crippen LogP contribution >= 0.6 is 0 Å². The highest BCUT2D eigenvalue weighted by molar-refractivity contribution is 7.92. The molecule has 4 aromatic carbocycles. The Morgan fingerprint density at radius 1 is 0.761 bits per heavy atom. The van der Waals surface area contributed by atoms with Crippen molar-refractivity contribution in [2.45, 2.75) is 75.9 Å². The molecule has 8 heteroatoms. The van der Waals surface area contributed by atoms with Crippen LogP contribution in [0.4, 0.5) is 5.69 Å². The Balaban J connectivity index is 1.55. The third-order valence-electron chi connectivity index (χ3n) is 8.59. The van der Waals surface area contributed by atoms with Gasteiger partial charge in [0.15, 0.2) is 0 Å². The highest BCUT2D eigenvalue weighted by atomic mass is 32.2. The first-order valence-corrected chi connectivity index (χ1v) is 17.5. The molecule has 46 heavy (non-hydrogen) atoms. The summed E-state index contributed by atoms with van der Waals surface area (Å²) in [5.41, 5.74) is 4.16. The number of nitrogens with zero attached hydrogens (tertiary/aromatic N) is 2. The highest BCUT2D eigenvalue weighted by Gasteiger charge is 2.35. The topological polar surface area (TPSA) is 86.8 Å². The summed E-state index contributed by atoms with van der Waals surface area (Å²) >= 11 is 0. The van der Waals surface area contributed by atoms with Gasteiger partial charge in [0.2, 0.25) is 11.8 Å². The maximum atomic E-state index is 14.6. The van der Waals surface area contributed by atoms with Crippen molar-refractivity contribution < 1.29 is 18.0 Å². The first-order chi connectivity index (χ1) is 22.2. The number of anilines is 1. The fourth-order valence-electron chi connectivity index (χ4n) is 6.06. The monoisotopic (exact) mass is 637 g/mol. The quantitative estimate of drug-likeness (QED) is 0.190. The Hall–Kier alpha value is -4.43. The van der Waals surface area contributed by atoms with Crippen LogP contribution in [0.15, 0.2) is 114 Å². The molecule has 0 heterocycles. The third-order valence-corrected chi connectivity index (χ3v) is 10.4. The Kier molecular flexibility index (Phi) is 10.9. The van der Waals surface area contributed by atoms with Crippen LogP contribution in [0.2, 0.25) is 0 Å². The summed E-state index contributed by atoms with van der Waals surface area (Å²) in [6.45, 7) is 3.60. The van der Waals surface area contributed by atoms with Gasteiger partial charge in [-0.05, 0) is 62.1 Å². The van der Waals surface area contributed by atoms with Gasteiger partial charge in [0.1, 0.15) is 12.6 Å². The molecule has 1 N–H and O–H groups in total. The molecular formula is C38H43N3O4S. The van der Waals surface area contributed by atoms with Gasteiger partial charge in [-0.25, -0.2) is 8.42 Å². The number of carbonyl (C=O) groups is 2. The largest absolute Gasteiger partial charge is 0.352 e. The predicted molar refractivity (Wildman–Crippen MR) is 183 cm³/mol. The highest BCUT2D eigenvalue weighted by Crippen LogP contribution is 2.26. The van der Waals surface area contributed by atoms with Crippen LogP contribution in [0.25, 0.3) is 0 Å². The second-order valence-corrected chi connectivity index (χ2v) is 14.1. The van der Waals surface area contributed by atoms with Gasteiger partial charge >= 0.3 is 0 Å². The Morgan fingerprint density at radius 2 is 1.39 bits per heavy atom. The summed E-state index contributed by atoms with van der Waals surface area (Å²) in [4.78, 5) is 30.5. The fourth-order valence-corrected chi connectivity index (χ4v) is 7.50. The lowest BCUT2D eigenvalue weighted by Crippen LogP contribution is -2.55. The molecular weight excluding hydrogens is 595 g/mol. The molecule has 0 aromatic heterocycles. The minimum absolute atomic E-state index is 0.0537. The fraction of sp³-hybridized carbons (Fsp3) is 0.316. The van der Waals surface area contributed by atoms with E-state index in [-0.39, 0.29) is 23.4 Å². The molecule has 1 fully saturated rings. The van der Waals surface area contributed by atoms with E-state index in [1.807, 2.05) is 80.6 Å². The molecule has 1 atom stereocenters. The number of hydrogen-bond acceptors (Lipinski definition) is 4. The van der Waals surface area contributed by atoms with E-state index in [2.05, 4.69) is 5.32 Å². The van der Waals surface area contributed by atoms with Crippen LogP contribution in [0, 0.1) is 13.8 Å². The second-order valence-electron chi connectivity index (χ2n) is 12.2. The molecule has 0 saturated heterocycles.